The fourth-order valence-electron chi connectivity index (χ4n) is 4.73. The fourth-order valence-corrected chi connectivity index (χ4v) is 4.73. The summed E-state index contributed by atoms with van der Waals surface area (Å²) in [6, 6.07) is -0.246. The molecule has 2 fully saturated rings. The van der Waals surface area contributed by atoms with E-state index >= 15 is 0 Å². The Labute approximate surface area is 144 Å². The topological polar surface area (TPSA) is 66.9 Å². The van der Waals surface area contributed by atoms with E-state index in [1.54, 1.807) is 19.0 Å². The van der Waals surface area contributed by atoms with Gasteiger partial charge in [0, 0.05) is 33.4 Å². The zero-order valence-corrected chi connectivity index (χ0v) is 15.9. The standard InChI is InChI=1S/C18H30N2O4/c1-11(21)20(10-14(23)19(6)7)15-13-8-9-18(5,17(13,3)4)16(15)24-12(2)22/h13,15-16H,8-10H2,1-7H3. The lowest BCUT2D eigenvalue weighted by atomic mass is 9.70. The molecule has 4 unspecified atom stereocenters. The van der Waals surface area contributed by atoms with E-state index in [9.17, 15) is 14.4 Å². The summed E-state index contributed by atoms with van der Waals surface area (Å²) in [6.07, 6.45) is 1.57. The number of carbonyl (C=O) groups is 3. The van der Waals surface area contributed by atoms with Crippen LogP contribution in [0.5, 0.6) is 0 Å². The zero-order valence-electron chi connectivity index (χ0n) is 15.9. The molecule has 0 N–H and O–H groups in total. The van der Waals surface area contributed by atoms with E-state index in [2.05, 4.69) is 20.8 Å². The van der Waals surface area contributed by atoms with Gasteiger partial charge in [0.15, 0.2) is 0 Å². The molecule has 2 aliphatic carbocycles. The van der Waals surface area contributed by atoms with Crippen molar-refractivity contribution in [2.75, 3.05) is 20.6 Å². The highest BCUT2D eigenvalue weighted by atomic mass is 16.5. The second-order valence-corrected chi connectivity index (χ2v) is 8.24. The SMILES string of the molecule is CC(=O)OC1C(N(CC(=O)N(C)C)C(C)=O)C2CCC1(C)C2(C)C. The van der Waals surface area contributed by atoms with Gasteiger partial charge >= 0.3 is 5.97 Å². The van der Waals surface area contributed by atoms with E-state index in [4.69, 9.17) is 4.74 Å². The summed E-state index contributed by atoms with van der Waals surface area (Å²) in [5.74, 6) is -0.403. The summed E-state index contributed by atoms with van der Waals surface area (Å²) in [7, 11) is 3.35. The summed E-state index contributed by atoms with van der Waals surface area (Å²) in [4.78, 5) is 39.3. The zero-order chi connectivity index (χ0) is 18.4. The van der Waals surface area contributed by atoms with Gasteiger partial charge in [-0.05, 0) is 24.2 Å². The van der Waals surface area contributed by atoms with Crippen LogP contribution in [0.1, 0.15) is 47.5 Å². The van der Waals surface area contributed by atoms with Crippen LogP contribution < -0.4 is 0 Å². The van der Waals surface area contributed by atoms with Gasteiger partial charge in [-0.15, -0.1) is 0 Å². The van der Waals surface area contributed by atoms with Crippen LogP contribution in [0.3, 0.4) is 0 Å². The van der Waals surface area contributed by atoms with Crippen molar-refractivity contribution in [1.29, 1.82) is 0 Å². The van der Waals surface area contributed by atoms with Gasteiger partial charge < -0.3 is 14.5 Å². The van der Waals surface area contributed by atoms with Gasteiger partial charge in [0.05, 0.1) is 6.04 Å². The van der Waals surface area contributed by atoms with Crippen LogP contribution in [0.25, 0.3) is 0 Å². The van der Waals surface area contributed by atoms with Gasteiger partial charge in [-0.1, -0.05) is 20.8 Å². The van der Waals surface area contributed by atoms with Gasteiger partial charge in [-0.2, -0.15) is 0 Å². The average molecular weight is 338 g/mol. The third-order valence-electron chi connectivity index (χ3n) is 6.59. The first-order chi connectivity index (χ1) is 10.9. The van der Waals surface area contributed by atoms with Crippen LogP contribution >= 0.6 is 0 Å². The molecule has 6 nitrogen and oxygen atoms in total. The lowest BCUT2D eigenvalue weighted by Gasteiger charge is -2.42. The third-order valence-corrected chi connectivity index (χ3v) is 6.59. The largest absolute Gasteiger partial charge is 0.460 e. The van der Waals surface area contributed by atoms with E-state index in [-0.39, 0.29) is 53.2 Å². The molecule has 2 rings (SSSR count). The van der Waals surface area contributed by atoms with Crippen LogP contribution in [0.4, 0.5) is 0 Å². The Hall–Kier alpha value is -1.59. The number of esters is 1. The second-order valence-electron chi connectivity index (χ2n) is 8.24. The molecule has 2 bridgehead atoms. The number of ether oxygens (including phenoxy) is 1. The van der Waals surface area contributed by atoms with Crippen LogP contribution in [-0.2, 0) is 19.1 Å². The van der Waals surface area contributed by atoms with Crippen molar-refractivity contribution in [2.45, 2.75) is 59.6 Å². The maximum absolute atomic E-state index is 12.3. The highest BCUT2D eigenvalue weighted by Crippen LogP contribution is 2.67. The second kappa shape index (κ2) is 6.05. The first-order valence-corrected chi connectivity index (χ1v) is 8.58. The van der Waals surface area contributed by atoms with Crippen LogP contribution in [0, 0.1) is 16.7 Å². The van der Waals surface area contributed by atoms with Gasteiger partial charge in [-0.3, -0.25) is 14.4 Å². The molecule has 2 aliphatic rings. The van der Waals surface area contributed by atoms with Crippen LogP contribution in [0.2, 0.25) is 0 Å². The molecule has 0 aromatic rings. The van der Waals surface area contributed by atoms with Crippen molar-refractivity contribution >= 4 is 17.8 Å². The predicted molar refractivity (Wildman–Crippen MR) is 90.0 cm³/mol. The summed E-state index contributed by atoms with van der Waals surface area (Å²) < 4.78 is 5.71. The maximum atomic E-state index is 12.3. The van der Waals surface area contributed by atoms with Gasteiger partial charge in [0.2, 0.25) is 11.8 Å². The molecule has 4 atom stereocenters. The van der Waals surface area contributed by atoms with Crippen molar-refractivity contribution < 1.29 is 19.1 Å². The van der Waals surface area contributed by atoms with Crippen molar-refractivity contribution in [3.8, 4) is 0 Å². The lowest BCUT2D eigenvalue weighted by molar-refractivity contribution is -0.163. The third kappa shape index (κ3) is 2.70. The molecule has 2 saturated carbocycles. The highest BCUT2D eigenvalue weighted by molar-refractivity contribution is 5.84. The molecular weight excluding hydrogens is 308 g/mol. The normalized spacial score (nSPS) is 33.2. The molecular formula is C18H30N2O4. The molecule has 0 heterocycles. The Morgan fingerprint density at radius 1 is 1.12 bits per heavy atom. The predicted octanol–water partition coefficient (Wildman–Crippen LogP) is 1.68. The number of carbonyl (C=O) groups excluding carboxylic acids is 3. The van der Waals surface area contributed by atoms with E-state index < -0.39 is 0 Å². The molecule has 0 spiro atoms. The van der Waals surface area contributed by atoms with Crippen LogP contribution in [0.15, 0.2) is 0 Å². The van der Waals surface area contributed by atoms with Gasteiger partial charge in [-0.25, -0.2) is 0 Å². The Morgan fingerprint density at radius 3 is 2.17 bits per heavy atom. The number of fused-ring (bicyclic) bond motifs is 2. The molecule has 0 radical (unpaired) electrons. The maximum Gasteiger partial charge on any atom is 0.302 e. The number of rotatable bonds is 4. The van der Waals surface area contributed by atoms with Gasteiger partial charge in [0.25, 0.3) is 0 Å². The summed E-state index contributed by atoms with van der Waals surface area (Å²) in [6.45, 7) is 9.43. The van der Waals surface area contributed by atoms with E-state index in [1.807, 2.05) is 0 Å². The molecule has 2 amide bonds. The number of hydrogen-bond donors (Lipinski definition) is 0. The van der Waals surface area contributed by atoms with E-state index in [0.717, 1.165) is 12.8 Å². The van der Waals surface area contributed by atoms with Crippen LogP contribution in [-0.4, -0.2) is 60.4 Å². The summed E-state index contributed by atoms with van der Waals surface area (Å²) in [5, 5.41) is 0. The number of likely N-dealkylation sites (N-methyl/N-ethyl adjacent to an activating group) is 1. The quantitative estimate of drug-likeness (QED) is 0.732. The Bertz CT molecular complexity index is 557. The first-order valence-electron chi connectivity index (χ1n) is 8.58. The molecule has 24 heavy (non-hydrogen) atoms. The minimum Gasteiger partial charge on any atom is -0.460 e. The minimum atomic E-state index is -0.373. The Morgan fingerprint density at radius 2 is 1.71 bits per heavy atom. The van der Waals surface area contributed by atoms with Crippen molar-refractivity contribution in [2.24, 2.45) is 16.7 Å². The van der Waals surface area contributed by atoms with Crippen molar-refractivity contribution in [1.82, 2.24) is 9.80 Å². The monoisotopic (exact) mass is 338 g/mol. The number of amides is 2. The Balaban J connectivity index is 2.42. The summed E-state index contributed by atoms with van der Waals surface area (Å²) >= 11 is 0. The minimum absolute atomic E-state index is 0.0213. The first kappa shape index (κ1) is 18.7. The smallest absolute Gasteiger partial charge is 0.302 e. The lowest BCUT2D eigenvalue weighted by Crippen LogP contribution is -2.55. The molecule has 0 aliphatic heterocycles. The van der Waals surface area contributed by atoms with E-state index in [1.165, 1.54) is 18.7 Å². The Kier molecular flexibility index (Phi) is 4.72. The molecule has 0 saturated heterocycles. The average Bonchev–Trinajstić information content (AvgIpc) is 2.76. The molecule has 136 valence electrons. The fraction of sp³-hybridized carbons (Fsp3) is 0.833. The molecule has 0 aromatic carbocycles. The molecule has 6 heteroatoms. The van der Waals surface area contributed by atoms with Gasteiger partial charge in [0.1, 0.15) is 12.6 Å². The number of hydrogen-bond acceptors (Lipinski definition) is 4. The van der Waals surface area contributed by atoms with Crippen molar-refractivity contribution in [3.05, 3.63) is 0 Å². The highest BCUT2D eigenvalue weighted by Gasteiger charge is 2.69. The van der Waals surface area contributed by atoms with Crippen molar-refractivity contribution in [3.63, 3.8) is 0 Å². The summed E-state index contributed by atoms with van der Waals surface area (Å²) in [5.41, 5.74) is -0.254. The number of nitrogens with zero attached hydrogens (tertiary/aromatic N) is 2. The van der Waals surface area contributed by atoms with E-state index in [0.29, 0.717) is 0 Å². The molecule has 0 aromatic heterocycles.